The van der Waals surface area contributed by atoms with Crippen LogP contribution in [-0.4, -0.2) is 39.6 Å². The summed E-state index contributed by atoms with van der Waals surface area (Å²) in [7, 11) is 3.52. The summed E-state index contributed by atoms with van der Waals surface area (Å²) < 4.78 is 16.1. The Labute approximate surface area is 79.4 Å². The van der Waals surface area contributed by atoms with E-state index in [4.69, 9.17) is 14.2 Å². The van der Waals surface area contributed by atoms with Crippen molar-refractivity contribution in [2.24, 2.45) is 5.41 Å². The first kappa shape index (κ1) is 9.44. The van der Waals surface area contributed by atoms with Crippen LogP contribution in [-0.2, 0) is 14.2 Å². The molecule has 2 unspecified atom stereocenters. The topological polar surface area (TPSA) is 31.0 Å². The van der Waals surface area contributed by atoms with Gasteiger partial charge in [-0.05, 0) is 19.3 Å². The van der Waals surface area contributed by atoms with Gasteiger partial charge < -0.3 is 14.2 Å². The van der Waals surface area contributed by atoms with Crippen molar-refractivity contribution in [1.29, 1.82) is 0 Å². The van der Waals surface area contributed by atoms with Gasteiger partial charge in [0.2, 0.25) is 0 Å². The largest absolute Gasteiger partial charge is 0.384 e. The lowest BCUT2D eigenvalue weighted by atomic mass is 9.75. The Balaban J connectivity index is 1.95. The molecule has 0 bridgehead atoms. The average molecular weight is 186 g/mol. The zero-order valence-electron chi connectivity index (χ0n) is 8.41. The molecular weight excluding hydrogens is 168 g/mol. The second kappa shape index (κ2) is 3.56. The number of epoxide rings is 1. The SMILES string of the molecule is COCC1(COC)CCC2OC2C1. The third kappa shape index (κ3) is 1.87. The molecule has 2 aliphatic rings. The van der Waals surface area contributed by atoms with Crippen molar-refractivity contribution in [2.75, 3.05) is 27.4 Å². The van der Waals surface area contributed by atoms with Gasteiger partial charge in [-0.3, -0.25) is 0 Å². The fourth-order valence-corrected chi connectivity index (χ4v) is 2.51. The smallest absolute Gasteiger partial charge is 0.0848 e. The number of hydrogen-bond acceptors (Lipinski definition) is 3. The van der Waals surface area contributed by atoms with Crippen LogP contribution in [0.5, 0.6) is 0 Å². The summed E-state index contributed by atoms with van der Waals surface area (Å²) in [6, 6.07) is 0. The lowest BCUT2D eigenvalue weighted by Gasteiger charge is -2.34. The van der Waals surface area contributed by atoms with E-state index in [1.165, 1.54) is 12.8 Å². The highest BCUT2D eigenvalue weighted by atomic mass is 16.6. The second-order valence-electron chi connectivity index (χ2n) is 4.32. The maximum atomic E-state index is 5.51. The van der Waals surface area contributed by atoms with Crippen molar-refractivity contribution >= 4 is 0 Å². The van der Waals surface area contributed by atoms with Gasteiger partial charge in [0.05, 0.1) is 25.4 Å². The molecule has 1 aliphatic carbocycles. The highest BCUT2D eigenvalue weighted by molar-refractivity contribution is 4.98. The molecule has 2 rings (SSSR count). The van der Waals surface area contributed by atoms with Crippen LogP contribution in [0.25, 0.3) is 0 Å². The van der Waals surface area contributed by atoms with E-state index >= 15 is 0 Å². The molecule has 0 amide bonds. The molecule has 0 radical (unpaired) electrons. The Kier molecular flexibility index (Phi) is 2.58. The van der Waals surface area contributed by atoms with E-state index in [-0.39, 0.29) is 5.41 Å². The van der Waals surface area contributed by atoms with Crippen LogP contribution in [0.4, 0.5) is 0 Å². The average Bonchev–Trinajstić information content (AvgIpc) is 2.83. The molecule has 13 heavy (non-hydrogen) atoms. The van der Waals surface area contributed by atoms with Gasteiger partial charge in [-0.2, -0.15) is 0 Å². The van der Waals surface area contributed by atoms with Gasteiger partial charge in [0, 0.05) is 19.6 Å². The number of fused-ring (bicyclic) bond motifs is 1. The Bertz CT molecular complexity index is 175. The molecule has 0 aromatic heterocycles. The fourth-order valence-electron chi connectivity index (χ4n) is 2.51. The quantitative estimate of drug-likeness (QED) is 0.618. The van der Waals surface area contributed by atoms with Crippen molar-refractivity contribution in [3.63, 3.8) is 0 Å². The van der Waals surface area contributed by atoms with Gasteiger partial charge in [0.15, 0.2) is 0 Å². The standard InChI is InChI=1S/C10H18O3/c1-11-6-10(7-12-2)4-3-8-9(5-10)13-8/h8-9H,3-7H2,1-2H3. The van der Waals surface area contributed by atoms with Crippen LogP contribution in [0.2, 0.25) is 0 Å². The van der Waals surface area contributed by atoms with Crippen molar-refractivity contribution in [1.82, 2.24) is 0 Å². The minimum atomic E-state index is 0.223. The highest BCUT2D eigenvalue weighted by Gasteiger charge is 2.50. The second-order valence-corrected chi connectivity index (χ2v) is 4.32. The van der Waals surface area contributed by atoms with Crippen molar-refractivity contribution in [2.45, 2.75) is 31.5 Å². The third-order valence-corrected chi connectivity index (χ3v) is 3.18. The predicted octanol–water partition coefficient (Wildman–Crippen LogP) is 1.22. The van der Waals surface area contributed by atoms with E-state index in [2.05, 4.69) is 0 Å². The summed E-state index contributed by atoms with van der Waals surface area (Å²) in [6.45, 7) is 1.60. The minimum Gasteiger partial charge on any atom is -0.384 e. The van der Waals surface area contributed by atoms with E-state index in [1.807, 2.05) is 0 Å². The molecule has 1 saturated heterocycles. The van der Waals surface area contributed by atoms with Gasteiger partial charge in [-0.15, -0.1) is 0 Å². The number of rotatable bonds is 4. The summed E-state index contributed by atoms with van der Waals surface area (Å²) in [4.78, 5) is 0. The fraction of sp³-hybridized carbons (Fsp3) is 1.00. The van der Waals surface area contributed by atoms with Crippen molar-refractivity contribution in [3.05, 3.63) is 0 Å². The predicted molar refractivity (Wildman–Crippen MR) is 48.7 cm³/mol. The normalized spacial score (nSPS) is 35.5. The molecule has 76 valence electrons. The van der Waals surface area contributed by atoms with Gasteiger partial charge in [-0.1, -0.05) is 0 Å². The number of ether oxygens (including phenoxy) is 3. The first-order valence-electron chi connectivity index (χ1n) is 4.93. The lowest BCUT2D eigenvalue weighted by Crippen LogP contribution is -2.36. The van der Waals surface area contributed by atoms with Gasteiger partial charge in [0.25, 0.3) is 0 Å². The Morgan fingerprint density at radius 1 is 1.23 bits per heavy atom. The zero-order valence-corrected chi connectivity index (χ0v) is 8.41. The Hall–Kier alpha value is -0.120. The Morgan fingerprint density at radius 3 is 2.46 bits per heavy atom. The molecular formula is C10H18O3. The number of hydrogen-bond donors (Lipinski definition) is 0. The summed E-state index contributed by atoms with van der Waals surface area (Å²) in [5.74, 6) is 0. The first-order valence-corrected chi connectivity index (χ1v) is 4.93. The molecule has 3 nitrogen and oxygen atoms in total. The monoisotopic (exact) mass is 186 g/mol. The van der Waals surface area contributed by atoms with E-state index in [9.17, 15) is 0 Å². The van der Waals surface area contributed by atoms with E-state index in [1.54, 1.807) is 14.2 Å². The molecule has 1 aliphatic heterocycles. The molecule has 0 spiro atoms. The highest BCUT2D eigenvalue weighted by Crippen LogP contribution is 2.46. The van der Waals surface area contributed by atoms with Crippen LogP contribution < -0.4 is 0 Å². The molecule has 0 N–H and O–H groups in total. The maximum absolute atomic E-state index is 5.51. The molecule has 0 aromatic rings. The molecule has 3 heteroatoms. The van der Waals surface area contributed by atoms with E-state index in [0.717, 1.165) is 19.6 Å². The number of methoxy groups -OCH3 is 2. The summed E-state index contributed by atoms with van der Waals surface area (Å²) in [5, 5.41) is 0. The van der Waals surface area contributed by atoms with Crippen LogP contribution in [0, 0.1) is 5.41 Å². The van der Waals surface area contributed by atoms with Crippen LogP contribution >= 0.6 is 0 Å². The molecule has 0 aromatic carbocycles. The van der Waals surface area contributed by atoms with Gasteiger partial charge in [-0.25, -0.2) is 0 Å². The first-order chi connectivity index (χ1) is 6.29. The maximum Gasteiger partial charge on any atom is 0.0848 e. The lowest BCUT2D eigenvalue weighted by molar-refractivity contribution is -0.00931. The summed E-state index contributed by atoms with van der Waals surface area (Å²) in [5.41, 5.74) is 0.223. The summed E-state index contributed by atoms with van der Waals surface area (Å²) >= 11 is 0. The van der Waals surface area contributed by atoms with Crippen molar-refractivity contribution < 1.29 is 14.2 Å². The molecule has 2 fully saturated rings. The van der Waals surface area contributed by atoms with E-state index < -0.39 is 0 Å². The van der Waals surface area contributed by atoms with Gasteiger partial charge >= 0.3 is 0 Å². The van der Waals surface area contributed by atoms with E-state index in [0.29, 0.717) is 12.2 Å². The van der Waals surface area contributed by atoms with Gasteiger partial charge in [0.1, 0.15) is 0 Å². The minimum absolute atomic E-state index is 0.223. The van der Waals surface area contributed by atoms with Crippen LogP contribution in [0.15, 0.2) is 0 Å². The molecule has 1 heterocycles. The molecule has 1 saturated carbocycles. The molecule has 2 atom stereocenters. The van der Waals surface area contributed by atoms with Crippen LogP contribution in [0.3, 0.4) is 0 Å². The summed E-state index contributed by atoms with van der Waals surface area (Å²) in [6.07, 6.45) is 4.52. The Morgan fingerprint density at radius 2 is 1.92 bits per heavy atom. The van der Waals surface area contributed by atoms with Crippen molar-refractivity contribution in [3.8, 4) is 0 Å². The van der Waals surface area contributed by atoms with Crippen LogP contribution in [0.1, 0.15) is 19.3 Å². The zero-order chi connectivity index (χ0) is 9.31. The third-order valence-electron chi connectivity index (χ3n) is 3.18.